The van der Waals surface area contributed by atoms with Gasteiger partial charge in [0.2, 0.25) is 17.4 Å². The zero-order valence-electron chi connectivity index (χ0n) is 19.1. The van der Waals surface area contributed by atoms with Gasteiger partial charge in [-0.05, 0) is 30.3 Å². The number of aryl methyl sites for hydroxylation is 1. The third kappa shape index (κ3) is 5.40. The number of ether oxygens (including phenoxy) is 3. The van der Waals surface area contributed by atoms with Gasteiger partial charge in [0.15, 0.2) is 18.1 Å². The minimum absolute atomic E-state index is 0.0927. The lowest BCUT2D eigenvalue weighted by Crippen LogP contribution is -2.13. The minimum Gasteiger partial charge on any atom is -0.504 e. The number of halogens is 2. The molecule has 0 aliphatic heterocycles. The van der Waals surface area contributed by atoms with Crippen LogP contribution < -0.4 is 19.9 Å². The van der Waals surface area contributed by atoms with Crippen LogP contribution in [0.4, 0.5) is 8.78 Å². The first kappa shape index (κ1) is 24.9. The standard InChI is InChI=1S/C24H19F2N5O6/c1-31-8-7-29-22(31)13-3-2-4-14(9-13)36-23-18(25)20(35-11-17(33)34)19(26)24(30-23)37-16-10-12(21(27)28)5-6-15(16)32/h2-10,32H,11H2,1H3,(H3,27,28)(H,33,34). The first-order valence-electron chi connectivity index (χ1n) is 10.5. The number of nitrogens with two attached hydrogens (primary N) is 1. The summed E-state index contributed by atoms with van der Waals surface area (Å²) >= 11 is 0. The number of pyridine rings is 1. The van der Waals surface area contributed by atoms with Crippen molar-refractivity contribution in [2.75, 3.05) is 6.61 Å². The smallest absolute Gasteiger partial charge is 0.341 e. The number of nitrogens with one attached hydrogen (secondary N) is 1. The molecule has 2 aromatic heterocycles. The summed E-state index contributed by atoms with van der Waals surface area (Å²) in [6.07, 6.45) is 3.33. The molecule has 11 nitrogen and oxygen atoms in total. The Balaban J connectivity index is 1.76. The van der Waals surface area contributed by atoms with E-state index in [1.165, 1.54) is 18.2 Å². The molecule has 0 saturated carbocycles. The molecule has 0 amide bonds. The van der Waals surface area contributed by atoms with Crippen LogP contribution in [0.5, 0.6) is 34.8 Å². The maximum atomic E-state index is 15.2. The Morgan fingerprint density at radius 3 is 2.51 bits per heavy atom. The summed E-state index contributed by atoms with van der Waals surface area (Å²) in [5.41, 5.74) is 6.20. The number of aromatic hydroxyl groups is 1. The number of aromatic nitrogens is 3. The Morgan fingerprint density at radius 2 is 1.86 bits per heavy atom. The molecule has 0 radical (unpaired) electrons. The highest BCUT2D eigenvalue weighted by molar-refractivity contribution is 5.95. The predicted octanol–water partition coefficient (Wildman–Crippen LogP) is 3.80. The Labute approximate surface area is 207 Å². The molecule has 5 N–H and O–H groups in total. The number of imidazole rings is 1. The molecule has 0 aliphatic rings. The summed E-state index contributed by atoms with van der Waals surface area (Å²) in [5, 5.41) is 26.5. The summed E-state index contributed by atoms with van der Waals surface area (Å²) in [5.74, 6) is -7.71. The molecule has 4 aromatic rings. The number of nitrogens with zero attached hydrogens (tertiary/aromatic N) is 3. The highest BCUT2D eigenvalue weighted by Gasteiger charge is 2.26. The minimum atomic E-state index is -1.49. The molecule has 0 fully saturated rings. The molecule has 13 heteroatoms. The van der Waals surface area contributed by atoms with Gasteiger partial charge in [-0.25, -0.2) is 9.78 Å². The number of rotatable bonds is 9. The van der Waals surface area contributed by atoms with Gasteiger partial charge >= 0.3 is 5.97 Å². The summed E-state index contributed by atoms with van der Waals surface area (Å²) in [6.45, 7) is -1.07. The van der Waals surface area contributed by atoms with Crippen LogP contribution in [0.2, 0.25) is 0 Å². The van der Waals surface area contributed by atoms with Crippen molar-refractivity contribution in [2.45, 2.75) is 0 Å². The monoisotopic (exact) mass is 511 g/mol. The van der Waals surface area contributed by atoms with Crippen molar-refractivity contribution in [1.82, 2.24) is 14.5 Å². The normalized spacial score (nSPS) is 10.7. The van der Waals surface area contributed by atoms with Crippen LogP contribution in [0.25, 0.3) is 11.4 Å². The molecule has 2 heterocycles. The highest BCUT2D eigenvalue weighted by Crippen LogP contribution is 2.39. The summed E-state index contributed by atoms with van der Waals surface area (Å²) < 4.78 is 47.7. The number of phenols is 1. The maximum Gasteiger partial charge on any atom is 0.341 e. The van der Waals surface area contributed by atoms with E-state index in [1.54, 1.807) is 36.1 Å². The fourth-order valence-electron chi connectivity index (χ4n) is 3.20. The second kappa shape index (κ2) is 10.2. The van der Waals surface area contributed by atoms with Crippen molar-refractivity contribution in [3.05, 3.63) is 72.1 Å². The number of phenolic OH excluding ortho intramolecular Hbond substituents is 1. The number of carboxylic acid groups (broad SMARTS) is 1. The van der Waals surface area contributed by atoms with Gasteiger partial charge in [-0.1, -0.05) is 12.1 Å². The molecular formula is C24H19F2N5O6. The van der Waals surface area contributed by atoms with Crippen LogP contribution in [-0.4, -0.2) is 43.2 Å². The zero-order chi connectivity index (χ0) is 26.7. The van der Waals surface area contributed by atoms with Crippen molar-refractivity contribution in [1.29, 1.82) is 5.41 Å². The van der Waals surface area contributed by atoms with Gasteiger partial charge in [0.25, 0.3) is 11.8 Å². The average Bonchev–Trinajstić information content (AvgIpc) is 3.29. The number of carboxylic acids is 1. The largest absolute Gasteiger partial charge is 0.504 e. The van der Waals surface area contributed by atoms with E-state index in [2.05, 4.69) is 9.97 Å². The third-order valence-corrected chi connectivity index (χ3v) is 4.92. The van der Waals surface area contributed by atoms with E-state index in [-0.39, 0.29) is 22.9 Å². The number of amidine groups is 1. The van der Waals surface area contributed by atoms with Crippen molar-refractivity contribution in [2.24, 2.45) is 12.8 Å². The van der Waals surface area contributed by atoms with E-state index in [9.17, 15) is 9.90 Å². The van der Waals surface area contributed by atoms with Crippen LogP contribution in [0.3, 0.4) is 0 Å². The lowest BCUT2D eigenvalue weighted by atomic mass is 10.2. The molecule has 0 saturated heterocycles. The van der Waals surface area contributed by atoms with Crippen LogP contribution in [-0.2, 0) is 11.8 Å². The molecule has 2 aromatic carbocycles. The average molecular weight is 511 g/mol. The highest BCUT2D eigenvalue weighted by atomic mass is 19.1. The first-order chi connectivity index (χ1) is 17.6. The quantitative estimate of drug-likeness (QED) is 0.193. The summed E-state index contributed by atoms with van der Waals surface area (Å²) in [4.78, 5) is 18.9. The lowest BCUT2D eigenvalue weighted by molar-refractivity contribution is -0.139. The van der Waals surface area contributed by atoms with E-state index in [0.717, 1.165) is 12.1 Å². The van der Waals surface area contributed by atoms with Gasteiger partial charge in [0.1, 0.15) is 17.4 Å². The Bertz CT molecular complexity index is 1510. The van der Waals surface area contributed by atoms with Gasteiger partial charge in [0, 0.05) is 30.6 Å². The lowest BCUT2D eigenvalue weighted by Gasteiger charge is -2.15. The molecule has 0 spiro atoms. The van der Waals surface area contributed by atoms with Crippen LogP contribution in [0.15, 0.2) is 54.9 Å². The Morgan fingerprint density at radius 1 is 1.14 bits per heavy atom. The Kier molecular flexibility index (Phi) is 6.86. The molecule has 37 heavy (non-hydrogen) atoms. The molecule has 0 bridgehead atoms. The van der Waals surface area contributed by atoms with E-state index >= 15 is 8.78 Å². The fourth-order valence-corrected chi connectivity index (χ4v) is 3.20. The second-order valence-electron chi connectivity index (χ2n) is 7.55. The number of carbonyl (C=O) groups is 1. The first-order valence-corrected chi connectivity index (χ1v) is 10.5. The maximum absolute atomic E-state index is 15.2. The number of nitrogen functional groups attached to an aromatic ring is 1. The van der Waals surface area contributed by atoms with Crippen LogP contribution >= 0.6 is 0 Å². The van der Waals surface area contributed by atoms with E-state index in [1.807, 2.05) is 0 Å². The fraction of sp³-hybridized carbons (Fsp3) is 0.0833. The Hall–Kier alpha value is -5.20. The van der Waals surface area contributed by atoms with Crippen molar-refractivity contribution in [3.8, 4) is 46.1 Å². The van der Waals surface area contributed by atoms with E-state index < -0.39 is 47.5 Å². The SMILES string of the molecule is Cn1ccnc1-c1cccc(Oc2nc(Oc3cc(C(=N)N)ccc3O)c(F)c(OCC(=O)O)c2F)c1. The number of hydrogen-bond donors (Lipinski definition) is 4. The topological polar surface area (TPSA) is 166 Å². The van der Waals surface area contributed by atoms with Crippen molar-refractivity contribution >= 4 is 11.8 Å². The van der Waals surface area contributed by atoms with Crippen molar-refractivity contribution in [3.63, 3.8) is 0 Å². The van der Waals surface area contributed by atoms with Gasteiger partial charge in [-0.15, -0.1) is 0 Å². The van der Waals surface area contributed by atoms with Gasteiger partial charge in [-0.3, -0.25) is 5.41 Å². The van der Waals surface area contributed by atoms with Gasteiger partial charge in [0.05, 0.1) is 0 Å². The van der Waals surface area contributed by atoms with E-state index in [4.69, 9.17) is 30.5 Å². The molecule has 190 valence electrons. The summed E-state index contributed by atoms with van der Waals surface area (Å²) in [7, 11) is 1.78. The van der Waals surface area contributed by atoms with Gasteiger partial charge in [-0.2, -0.15) is 13.8 Å². The van der Waals surface area contributed by atoms with Gasteiger partial charge < -0.3 is 34.7 Å². The molecular weight excluding hydrogens is 492 g/mol. The van der Waals surface area contributed by atoms with Crippen molar-refractivity contribution < 1.29 is 38.0 Å². The predicted molar refractivity (Wildman–Crippen MR) is 125 cm³/mol. The summed E-state index contributed by atoms with van der Waals surface area (Å²) in [6, 6.07) is 9.98. The van der Waals surface area contributed by atoms with Crippen LogP contribution in [0.1, 0.15) is 5.56 Å². The molecule has 0 unspecified atom stereocenters. The number of aliphatic carboxylic acids is 1. The van der Waals surface area contributed by atoms with E-state index in [0.29, 0.717) is 11.4 Å². The number of hydrogen-bond acceptors (Lipinski definition) is 8. The molecule has 0 aliphatic carbocycles. The molecule has 4 rings (SSSR count). The molecule has 0 atom stereocenters. The third-order valence-electron chi connectivity index (χ3n) is 4.92. The van der Waals surface area contributed by atoms with Crippen LogP contribution in [0, 0.1) is 17.0 Å². The second-order valence-corrected chi connectivity index (χ2v) is 7.55. The number of benzene rings is 2. The zero-order valence-corrected chi connectivity index (χ0v) is 19.1.